The molecule has 0 bridgehead atoms. The van der Waals surface area contributed by atoms with E-state index in [1.165, 1.54) is 0 Å². The van der Waals surface area contributed by atoms with Gasteiger partial charge in [0.15, 0.2) is 0 Å². The third-order valence-corrected chi connectivity index (χ3v) is 3.24. The van der Waals surface area contributed by atoms with E-state index in [-0.39, 0.29) is 11.5 Å². The Hall–Kier alpha value is -0.610. The van der Waals surface area contributed by atoms with Crippen molar-refractivity contribution >= 4 is 5.91 Å². The van der Waals surface area contributed by atoms with Crippen molar-refractivity contribution in [2.75, 3.05) is 26.2 Å². The van der Waals surface area contributed by atoms with Crippen LogP contribution in [0, 0.1) is 0 Å². The van der Waals surface area contributed by atoms with Gasteiger partial charge in [0.2, 0.25) is 5.91 Å². The SMILES string of the molecule is CC1(C)CC(N2CCNCC2=O)CCO1. The summed E-state index contributed by atoms with van der Waals surface area (Å²) in [5.74, 6) is 0.240. The summed E-state index contributed by atoms with van der Waals surface area (Å²) in [6.45, 7) is 7.24. The Balaban J connectivity index is 2.00. The number of nitrogens with zero attached hydrogens (tertiary/aromatic N) is 1. The van der Waals surface area contributed by atoms with E-state index in [1.807, 2.05) is 4.90 Å². The van der Waals surface area contributed by atoms with Crippen molar-refractivity contribution in [3.63, 3.8) is 0 Å². The normalized spacial score (nSPS) is 31.7. The van der Waals surface area contributed by atoms with Crippen LogP contribution in [0.2, 0.25) is 0 Å². The molecule has 0 aromatic heterocycles. The molecule has 0 aliphatic carbocycles. The van der Waals surface area contributed by atoms with Gasteiger partial charge < -0.3 is 15.0 Å². The maximum Gasteiger partial charge on any atom is 0.236 e. The zero-order valence-electron chi connectivity index (χ0n) is 9.58. The van der Waals surface area contributed by atoms with Gasteiger partial charge in [0.1, 0.15) is 0 Å². The van der Waals surface area contributed by atoms with Gasteiger partial charge in [-0.15, -0.1) is 0 Å². The van der Waals surface area contributed by atoms with Crippen LogP contribution < -0.4 is 5.32 Å². The molecule has 2 aliphatic rings. The summed E-state index contributed by atoms with van der Waals surface area (Å²) in [5, 5.41) is 3.10. The lowest BCUT2D eigenvalue weighted by molar-refractivity contribution is -0.141. The second-order valence-corrected chi connectivity index (χ2v) is 5.02. The molecule has 1 atom stereocenters. The number of piperazine rings is 1. The standard InChI is InChI=1S/C11H20N2O2/c1-11(2)7-9(3-6-15-11)13-5-4-12-8-10(13)14/h9,12H,3-8H2,1-2H3. The van der Waals surface area contributed by atoms with E-state index in [4.69, 9.17) is 4.74 Å². The Bertz CT molecular complexity index is 253. The van der Waals surface area contributed by atoms with Crippen molar-refractivity contribution in [3.05, 3.63) is 0 Å². The minimum Gasteiger partial charge on any atom is -0.375 e. The predicted molar refractivity (Wildman–Crippen MR) is 57.6 cm³/mol. The van der Waals surface area contributed by atoms with Crippen molar-refractivity contribution in [2.45, 2.75) is 38.3 Å². The van der Waals surface area contributed by atoms with Crippen LogP contribution in [0.3, 0.4) is 0 Å². The number of ether oxygens (including phenoxy) is 1. The van der Waals surface area contributed by atoms with Crippen LogP contribution in [0.1, 0.15) is 26.7 Å². The van der Waals surface area contributed by atoms with E-state index in [1.54, 1.807) is 0 Å². The molecule has 0 radical (unpaired) electrons. The Kier molecular flexibility index (Phi) is 2.98. The summed E-state index contributed by atoms with van der Waals surface area (Å²) in [4.78, 5) is 13.8. The number of nitrogens with one attached hydrogen (secondary N) is 1. The van der Waals surface area contributed by atoms with Gasteiger partial charge in [0, 0.05) is 25.7 Å². The average Bonchev–Trinajstić information content (AvgIpc) is 2.17. The van der Waals surface area contributed by atoms with E-state index < -0.39 is 0 Å². The molecule has 15 heavy (non-hydrogen) atoms. The van der Waals surface area contributed by atoms with Crippen LogP contribution in [0.25, 0.3) is 0 Å². The molecule has 1 N–H and O–H groups in total. The van der Waals surface area contributed by atoms with Gasteiger partial charge in [-0.2, -0.15) is 0 Å². The number of amides is 1. The van der Waals surface area contributed by atoms with Crippen LogP contribution >= 0.6 is 0 Å². The lowest BCUT2D eigenvalue weighted by atomic mass is 9.92. The summed E-state index contributed by atoms with van der Waals surface area (Å²) < 4.78 is 5.67. The lowest BCUT2D eigenvalue weighted by Gasteiger charge is -2.42. The van der Waals surface area contributed by atoms with Gasteiger partial charge in [-0.25, -0.2) is 0 Å². The third-order valence-electron chi connectivity index (χ3n) is 3.24. The Morgan fingerprint density at radius 2 is 2.33 bits per heavy atom. The van der Waals surface area contributed by atoms with E-state index in [0.717, 1.165) is 32.5 Å². The van der Waals surface area contributed by atoms with E-state index in [2.05, 4.69) is 19.2 Å². The molecule has 0 aromatic rings. The minimum atomic E-state index is -0.0753. The predicted octanol–water partition coefficient (Wildman–Crippen LogP) is 0.376. The first-order valence-corrected chi connectivity index (χ1v) is 5.73. The van der Waals surface area contributed by atoms with Crippen molar-refractivity contribution in [1.29, 1.82) is 0 Å². The molecule has 0 aromatic carbocycles. The first-order valence-electron chi connectivity index (χ1n) is 5.73. The van der Waals surface area contributed by atoms with E-state index in [9.17, 15) is 4.79 Å². The number of rotatable bonds is 1. The average molecular weight is 212 g/mol. The van der Waals surface area contributed by atoms with Crippen molar-refractivity contribution in [1.82, 2.24) is 10.2 Å². The second-order valence-electron chi connectivity index (χ2n) is 5.02. The first-order chi connectivity index (χ1) is 7.08. The molecule has 2 fully saturated rings. The molecule has 1 amide bonds. The van der Waals surface area contributed by atoms with Crippen LogP contribution in [-0.2, 0) is 9.53 Å². The summed E-state index contributed by atoms with van der Waals surface area (Å²) in [6, 6.07) is 0.378. The zero-order valence-corrected chi connectivity index (χ0v) is 9.58. The van der Waals surface area contributed by atoms with E-state index in [0.29, 0.717) is 12.6 Å². The highest BCUT2D eigenvalue weighted by atomic mass is 16.5. The van der Waals surface area contributed by atoms with Gasteiger partial charge in [0.25, 0.3) is 0 Å². The van der Waals surface area contributed by atoms with Crippen molar-refractivity contribution in [3.8, 4) is 0 Å². The smallest absolute Gasteiger partial charge is 0.236 e. The Morgan fingerprint density at radius 3 is 3.00 bits per heavy atom. The fourth-order valence-electron chi connectivity index (χ4n) is 2.47. The highest BCUT2D eigenvalue weighted by Gasteiger charge is 2.34. The Labute approximate surface area is 91.0 Å². The summed E-state index contributed by atoms with van der Waals surface area (Å²) in [7, 11) is 0. The van der Waals surface area contributed by atoms with Crippen LogP contribution in [0.5, 0.6) is 0 Å². The first kappa shape index (κ1) is 10.9. The third kappa shape index (κ3) is 2.49. The highest BCUT2D eigenvalue weighted by Crippen LogP contribution is 2.27. The molecule has 0 saturated carbocycles. The second kappa shape index (κ2) is 4.10. The van der Waals surface area contributed by atoms with Crippen LogP contribution in [0.15, 0.2) is 0 Å². The molecule has 2 aliphatic heterocycles. The topological polar surface area (TPSA) is 41.6 Å². The maximum absolute atomic E-state index is 11.7. The number of carbonyl (C=O) groups is 1. The molecule has 1 unspecified atom stereocenters. The van der Waals surface area contributed by atoms with Gasteiger partial charge in [-0.3, -0.25) is 4.79 Å². The van der Waals surface area contributed by atoms with Gasteiger partial charge in [-0.05, 0) is 26.7 Å². The van der Waals surface area contributed by atoms with Gasteiger partial charge >= 0.3 is 0 Å². The van der Waals surface area contributed by atoms with E-state index >= 15 is 0 Å². The summed E-state index contributed by atoms with van der Waals surface area (Å²) in [5.41, 5.74) is -0.0753. The van der Waals surface area contributed by atoms with Crippen molar-refractivity contribution in [2.24, 2.45) is 0 Å². The Morgan fingerprint density at radius 1 is 1.53 bits per heavy atom. The molecular formula is C11H20N2O2. The molecule has 86 valence electrons. The number of hydrogen-bond acceptors (Lipinski definition) is 3. The highest BCUT2D eigenvalue weighted by molar-refractivity contribution is 5.79. The minimum absolute atomic E-state index is 0.0753. The molecule has 2 saturated heterocycles. The number of hydrogen-bond donors (Lipinski definition) is 1. The van der Waals surface area contributed by atoms with Crippen molar-refractivity contribution < 1.29 is 9.53 Å². The van der Waals surface area contributed by atoms with Crippen LogP contribution in [-0.4, -0.2) is 48.7 Å². The summed E-state index contributed by atoms with van der Waals surface area (Å²) >= 11 is 0. The monoisotopic (exact) mass is 212 g/mol. The van der Waals surface area contributed by atoms with Crippen LogP contribution in [0.4, 0.5) is 0 Å². The fourth-order valence-corrected chi connectivity index (χ4v) is 2.47. The molecule has 2 rings (SSSR count). The fraction of sp³-hybridized carbons (Fsp3) is 0.909. The molecule has 4 nitrogen and oxygen atoms in total. The largest absolute Gasteiger partial charge is 0.375 e. The molecule has 0 spiro atoms. The number of carbonyl (C=O) groups excluding carboxylic acids is 1. The quantitative estimate of drug-likeness (QED) is 0.683. The molecule has 4 heteroatoms. The lowest BCUT2D eigenvalue weighted by Crippen LogP contribution is -2.55. The zero-order chi connectivity index (χ0) is 10.9. The molecule has 2 heterocycles. The molecular weight excluding hydrogens is 192 g/mol. The van der Waals surface area contributed by atoms with Gasteiger partial charge in [0.05, 0.1) is 12.1 Å². The van der Waals surface area contributed by atoms with Gasteiger partial charge in [-0.1, -0.05) is 0 Å². The maximum atomic E-state index is 11.7. The summed E-state index contributed by atoms with van der Waals surface area (Å²) in [6.07, 6.45) is 1.94.